The highest BCUT2D eigenvalue weighted by atomic mass is 32.1. The summed E-state index contributed by atoms with van der Waals surface area (Å²) in [7, 11) is 2.03. The highest BCUT2D eigenvalue weighted by Crippen LogP contribution is 2.24. The van der Waals surface area contributed by atoms with Crippen molar-refractivity contribution >= 4 is 11.3 Å². The molecule has 15 heavy (non-hydrogen) atoms. The van der Waals surface area contributed by atoms with E-state index in [1.165, 1.54) is 25.0 Å². The van der Waals surface area contributed by atoms with Gasteiger partial charge in [0.2, 0.25) is 0 Å². The maximum Gasteiger partial charge on any atom is 0.0898 e. The molecule has 1 aromatic heterocycles. The van der Waals surface area contributed by atoms with Gasteiger partial charge in [0.25, 0.3) is 0 Å². The predicted octanol–water partition coefficient (Wildman–Crippen LogP) is 3.54. The average Bonchev–Trinajstić information content (AvgIpc) is 2.61. The number of nitrogens with one attached hydrogen (secondary N) is 1. The molecule has 0 spiro atoms. The summed E-state index contributed by atoms with van der Waals surface area (Å²) in [6.45, 7) is 6.64. The molecule has 0 aromatic carbocycles. The van der Waals surface area contributed by atoms with E-state index >= 15 is 0 Å². The molecule has 2 atom stereocenters. The fourth-order valence-corrected chi connectivity index (χ4v) is 2.61. The second-order valence-electron chi connectivity index (χ2n) is 4.26. The van der Waals surface area contributed by atoms with Gasteiger partial charge in [-0.3, -0.25) is 0 Å². The van der Waals surface area contributed by atoms with Crippen LogP contribution in [0.3, 0.4) is 0 Å². The van der Waals surface area contributed by atoms with Gasteiger partial charge >= 0.3 is 0 Å². The Kier molecular flexibility index (Phi) is 5.26. The fourth-order valence-electron chi connectivity index (χ4n) is 1.94. The highest BCUT2D eigenvalue weighted by Gasteiger charge is 2.15. The molecule has 0 aliphatic heterocycles. The Morgan fingerprint density at radius 1 is 1.53 bits per heavy atom. The summed E-state index contributed by atoms with van der Waals surface area (Å²) in [4.78, 5) is 4.55. The molecular formula is C12H22N2S. The van der Waals surface area contributed by atoms with E-state index in [-0.39, 0.29) is 0 Å². The Labute approximate surface area is 97.1 Å². The van der Waals surface area contributed by atoms with E-state index < -0.39 is 0 Å². The van der Waals surface area contributed by atoms with Crippen LogP contribution in [0.2, 0.25) is 0 Å². The predicted molar refractivity (Wildman–Crippen MR) is 67.3 cm³/mol. The SMILES string of the molecule is CCCC(C)CC(NC)c1csc(C)n1. The van der Waals surface area contributed by atoms with Crippen molar-refractivity contribution in [3.8, 4) is 0 Å². The third-order valence-corrected chi connectivity index (χ3v) is 3.55. The molecule has 1 aromatic rings. The van der Waals surface area contributed by atoms with Gasteiger partial charge in [-0.05, 0) is 26.3 Å². The minimum atomic E-state index is 0.427. The normalized spacial score (nSPS) is 15.2. The maximum atomic E-state index is 4.55. The molecule has 3 heteroatoms. The van der Waals surface area contributed by atoms with E-state index in [1.807, 2.05) is 7.05 Å². The summed E-state index contributed by atoms with van der Waals surface area (Å²) in [5, 5.41) is 6.70. The summed E-state index contributed by atoms with van der Waals surface area (Å²) >= 11 is 1.74. The van der Waals surface area contributed by atoms with E-state index in [2.05, 4.69) is 36.5 Å². The Hall–Kier alpha value is -0.410. The molecule has 2 unspecified atom stereocenters. The highest BCUT2D eigenvalue weighted by molar-refractivity contribution is 7.09. The van der Waals surface area contributed by atoms with E-state index in [0.717, 1.165) is 10.9 Å². The van der Waals surface area contributed by atoms with Gasteiger partial charge in [0.15, 0.2) is 0 Å². The van der Waals surface area contributed by atoms with Crippen molar-refractivity contribution in [2.24, 2.45) is 5.92 Å². The van der Waals surface area contributed by atoms with Crippen molar-refractivity contribution in [1.29, 1.82) is 0 Å². The molecule has 0 fully saturated rings. The van der Waals surface area contributed by atoms with Crippen molar-refractivity contribution < 1.29 is 0 Å². The topological polar surface area (TPSA) is 24.9 Å². The van der Waals surface area contributed by atoms with Gasteiger partial charge in [-0.1, -0.05) is 26.7 Å². The van der Waals surface area contributed by atoms with Crippen molar-refractivity contribution in [3.63, 3.8) is 0 Å². The van der Waals surface area contributed by atoms with Gasteiger partial charge in [-0.25, -0.2) is 4.98 Å². The molecule has 0 aliphatic carbocycles. The van der Waals surface area contributed by atoms with Crippen molar-refractivity contribution in [2.45, 2.75) is 46.1 Å². The molecule has 0 saturated carbocycles. The summed E-state index contributed by atoms with van der Waals surface area (Å²) in [5.41, 5.74) is 1.21. The number of rotatable bonds is 6. The number of nitrogens with zero attached hydrogens (tertiary/aromatic N) is 1. The first kappa shape index (κ1) is 12.7. The maximum absolute atomic E-state index is 4.55. The largest absolute Gasteiger partial charge is 0.312 e. The number of hydrogen-bond donors (Lipinski definition) is 1. The van der Waals surface area contributed by atoms with Crippen LogP contribution in [0.1, 0.15) is 49.9 Å². The first-order valence-electron chi connectivity index (χ1n) is 5.76. The number of hydrogen-bond acceptors (Lipinski definition) is 3. The second-order valence-corrected chi connectivity index (χ2v) is 5.32. The monoisotopic (exact) mass is 226 g/mol. The van der Waals surface area contributed by atoms with Crippen LogP contribution < -0.4 is 5.32 Å². The minimum Gasteiger partial charge on any atom is -0.312 e. The average molecular weight is 226 g/mol. The van der Waals surface area contributed by atoms with Gasteiger partial charge in [0.1, 0.15) is 0 Å². The fraction of sp³-hybridized carbons (Fsp3) is 0.750. The molecule has 86 valence electrons. The van der Waals surface area contributed by atoms with Gasteiger partial charge in [0, 0.05) is 5.38 Å². The van der Waals surface area contributed by atoms with Gasteiger partial charge < -0.3 is 5.32 Å². The van der Waals surface area contributed by atoms with Gasteiger partial charge in [0.05, 0.1) is 16.7 Å². The zero-order chi connectivity index (χ0) is 11.3. The van der Waals surface area contributed by atoms with Crippen LogP contribution in [0.5, 0.6) is 0 Å². The molecule has 1 heterocycles. The van der Waals surface area contributed by atoms with Crippen molar-refractivity contribution in [3.05, 3.63) is 16.1 Å². The molecule has 2 nitrogen and oxygen atoms in total. The van der Waals surface area contributed by atoms with Crippen LogP contribution in [0, 0.1) is 12.8 Å². The molecule has 1 rings (SSSR count). The summed E-state index contributed by atoms with van der Waals surface area (Å²) in [6, 6.07) is 0.427. The Bertz CT molecular complexity index is 283. The lowest BCUT2D eigenvalue weighted by atomic mass is 9.96. The zero-order valence-electron chi connectivity index (χ0n) is 10.2. The van der Waals surface area contributed by atoms with E-state index in [1.54, 1.807) is 11.3 Å². The molecule has 0 amide bonds. The van der Waals surface area contributed by atoms with Crippen LogP contribution >= 0.6 is 11.3 Å². The molecule has 0 radical (unpaired) electrons. The van der Waals surface area contributed by atoms with Gasteiger partial charge in [-0.2, -0.15) is 0 Å². The minimum absolute atomic E-state index is 0.427. The quantitative estimate of drug-likeness (QED) is 0.802. The third-order valence-electron chi connectivity index (χ3n) is 2.76. The Morgan fingerprint density at radius 3 is 2.73 bits per heavy atom. The van der Waals surface area contributed by atoms with Crippen LogP contribution in [0.15, 0.2) is 5.38 Å². The lowest BCUT2D eigenvalue weighted by Gasteiger charge is -2.18. The van der Waals surface area contributed by atoms with Crippen LogP contribution in [0.4, 0.5) is 0 Å². The summed E-state index contributed by atoms with van der Waals surface area (Å²) in [5.74, 6) is 0.773. The van der Waals surface area contributed by atoms with E-state index in [4.69, 9.17) is 0 Å². The summed E-state index contributed by atoms with van der Waals surface area (Å²) < 4.78 is 0. The van der Waals surface area contributed by atoms with Crippen LogP contribution in [0.25, 0.3) is 0 Å². The van der Waals surface area contributed by atoms with Crippen molar-refractivity contribution in [1.82, 2.24) is 10.3 Å². The lowest BCUT2D eigenvalue weighted by Crippen LogP contribution is -2.19. The van der Waals surface area contributed by atoms with E-state index in [9.17, 15) is 0 Å². The zero-order valence-corrected chi connectivity index (χ0v) is 11.0. The molecule has 0 bridgehead atoms. The number of aryl methyl sites for hydroxylation is 1. The number of aromatic nitrogens is 1. The third kappa shape index (κ3) is 3.92. The Balaban J connectivity index is 2.56. The van der Waals surface area contributed by atoms with Crippen molar-refractivity contribution in [2.75, 3.05) is 7.05 Å². The first-order valence-corrected chi connectivity index (χ1v) is 6.64. The van der Waals surface area contributed by atoms with E-state index in [0.29, 0.717) is 6.04 Å². The molecule has 1 N–H and O–H groups in total. The lowest BCUT2D eigenvalue weighted by molar-refractivity contribution is 0.402. The number of thiazole rings is 1. The smallest absolute Gasteiger partial charge is 0.0898 e. The second kappa shape index (κ2) is 6.23. The van der Waals surface area contributed by atoms with Crippen LogP contribution in [-0.2, 0) is 0 Å². The van der Waals surface area contributed by atoms with Gasteiger partial charge in [-0.15, -0.1) is 11.3 Å². The first-order chi connectivity index (χ1) is 7.17. The molecule has 0 saturated heterocycles. The summed E-state index contributed by atoms with van der Waals surface area (Å²) in [6.07, 6.45) is 3.77. The van der Waals surface area contributed by atoms with Crippen LogP contribution in [-0.4, -0.2) is 12.0 Å². The Morgan fingerprint density at radius 2 is 2.27 bits per heavy atom. The standard InChI is InChI=1S/C12H22N2S/c1-5-6-9(2)7-11(13-4)12-8-15-10(3)14-12/h8-9,11,13H,5-7H2,1-4H3. The molecular weight excluding hydrogens is 204 g/mol. The molecule has 0 aliphatic rings.